The maximum atomic E-state index is 4.62. The van der Waals surface area contributed by atoms with Crippen LogP contribution in [0.1, 0.15) is 5.56 Å². The lowest BCUT2D eigenvalue weighted by Crippen LogP contribution is -2.44. The second-order valence-electron chi connectivity index (χ2n) is 8.08. The Balaban J connectivity index is 1.30. The van der Waals surface area contributed by atoms with Gasteiger partial charge in [0, 0.05) is 49.1 Å². The Morgan fingerprint density at radius 1 is 0.906 bits per heavy atom. The molecule has 2 aromatic heterocycles. The first kappa shape index (κ1) is 20.1. The highest BCUT2D eigenvalue weighted by Crippen LogP contribution is 2.26. The highest BCUT2D eigenvalue weighted by Gasteiger charge is 2.14. The van der Waals surface area contributed by atoms with Crippen molar-refractivity contribution in [2.24, 2.45) is 0 Å². The summed E-state index contributed by atoms with van der Waals surface area (Å²) in [6.07, 6.45) is 3.45. The fraction of sp³-hybridized carbons (Fsp3) is 0.250. The van der Waals surface area contributed by atoms with Crippen LogP contribution in [-0.2, 0) is 0 Å². The molecule has 3 heterocycles. The first-order valence-corrected chi connectivity index (χ1v) is 10.8. The number of rotatable bonds is 5. The predicted molar refractivity (Wildman–Crippen MR) is 129 cm³/mol. The number of fused-ring (bicyclic) bond motifs is 1. The Hall–Kier alpha value is -3.78. The van der Waals surface area contributed by atoms with E-state index in [9.17, 15) is 0 Å². The Morgan fingerprint density at radius 2 is 1.72 bits per heavy atom. The van der Waals surface area contributed by atoms with Gasteiger partial charge in [-0.1, -0.05) is 18.2 Å². The number of benzene rings is 2. The van der Waals surface area contributed by atoms with E-state index in [1.165, 1.54) is 5.69 Å². The smallest absolute Gasteiger partial charge is 0.229 e. The standard InChI is InChI=1S/C24H26N8/c1-17-4-3-5-20-21(16-26-30-23(17)20)28-22-10-11-25-24(29-22)27-18-6-8-19(9-7-18)32-14-12-31(2)13-15-32/h3-11,16H,12-15H2,1-2H3,(H2,25,27,28,29,30). The molecule has 0 bridgehead atoms. The summed E-state index contributed by atoms with van der Waals surface area (Å²) in [5.41, 5.74) is 5.02. The molecule has 0 spiro atoms. The second kappa shape index (κ2) is 8.76. The van der Waals surface area contributed by atoms with E-state index in [0.29, 0.717) is 11.8 Å². The Bertz CT molecular complexity index is 1220. The van der Waals surface area contributed by atoms with Crippen molar-refractivity contribution in [1.29, 1.82) is 0 Å². The molecule has 0 aliphatic carbocycles. The molecule has 162 valence electrons. The van der Waals surface area contributed by atoms with E-state index < -0.39 is 0 Å². The van der Waals surface area contributed by atoms with E-state index >= 15 is 0 Å². The third-order valence-corrected chi connectivity index (χ3v) is 5.78. The van der Waals surface area contributed by atoms with Gasteiger partial charge in [0.1, 0.15) is 5.82 Å². The number of nitrogens with one attached hydrogen (secondary N) is 2. The zero-order chi connectivity index (χ0) is 21.9. The lowest BCUT2D eigenvalue weighted by Gasteiger charge is -2.34. The molecule has 1 fully saturated rings. The van der Waals surface area contributed by atoms with Gasteiger partial charge in [0.25, 0.3) is 0 Å². The monoisotopic (exact) mass is 426 g/mol. The lowest BCUT2D eigenvalue weighted by atomic mass is 10.1. The van der Waals surface area contributed by atoms with Crippen molar-refractivity contribution >= 4 is 39.7 Å². The number of likely N-dealkylation sites (N-methyl/N-ethyl adjacent to an activating group) is 1. The molecular weight excluding hydrogens is 400 g/mol. The number of nitrogens with zero attached hydrogens (tertiary/aromatic N) is 6. The van der Waals surface area contributed by atoms with Crippen LogP contribution >= 0.6 is 0 Å². The summed E-state index contributed by atoms with van der Waals surface area (Å²) in [7, 11) is 2.17. The largest absolute Gasteiger partial charge is 0.369 e. The van der Waals surface area contributed by atoms with Gasteiger partial charge in [-0.3, -0.25) is 0 Å². The molecule has 0 saturated carbocycles. The fourth-order valence-corrected chi connectivity index (χ4v) is 3.90. The number of anilines is 5. The molecule has 8 nitrogen and oxygen atoms in total. The van der Waals surface area contributed by atoms with Gasteiger partial charge in [0.05, 0.1) is 17.4 Å². The number of aryl methyl sites for hydroxylation is 1. The summed E-state index contributed by atoms with van der Waals surface area (Å²) in [5, 5.41) is 16.0. The number of aromatic nitrogens is 4. The lowest BCUT2D eigenvalue weighted by molar-refractivity contribution is 0.313. The van der Waals surface area contributed by atoms with Gasteiger partial charge in [-0.05, 0) is 49.9 Å². The molecule has 5 rings (SSSR count). The van der Waals surface area contributed by atoms with Gasteiger partial charge in [-0.2, -0.15) is 15.2 Å². The Morgan fingerprint density at radius 3 is 2.53 bits per heavy atom. The normalized spacial score (nSPS) is 14.5. The van der Waals surface area contributed by atoms with Crippen LogP contribution < -0.4 is 15.5 Å². The number of hydrogen-bond acceptors (Lipinski definition) is 8. The minimum atomic E-state index is 0.532. The van der Waals surface area contributed by atoms with Crippen LogP contribution in [0.2, 0.25) is 0 Å². The van der Waals surface area contributed by atoms with E-state index in [2.05, 4.69) is 71.9 Å². The molecule has 0 unspecified atom stereocenters. The maximum Gasteiger partial charge on any atom is 0.229 e. The molecule has 2 aromatic carbocycles. The van der Waals surface area contributed by atoms with Crippen LogP contribution in [0, 0.1) is 6.92 Å². The summed E-state index contributed by atoms with van der Waals surface area (Å²) in [4.78, 5) is 13.8. The van der Waals surface area contributed by atoms with Crippen LogP contribution in [0.4, 0.5) is 28.8 Å². The third-order valence-electron chi connectivity index (χ3n) is 5.78. The minimum absolute atomic E-state index is 0.532. The van der Waals surface area contributed by atoms with Gasteiger partial charge in [-0.25, -0.2) is 4.98 Å². The van der Waals surface area contributed by atoms with Crippen molar-refractivity contribution in [3.63, 3.8) is 0 Å². The van der Waals surface area contributed by atoms with E-state index in [0.717, 1.165) is 54.0 Å². The van der Waals surface area contributed by atoms with Crippen LogP contribution in [0.5, 0.6) is 0 Å². The summed E-state index contributed by atoms with van der Waals surface area (Å²) in [6.45, 7) is 6.32. The van der Waals surface area contributed by atoms with E-state index in [-0.39, 0.29) is 0 Å². The van der Waals surface area contributed by atoms with Crippen LogP contribution in [0.3, 0.4) is 0 Å². The third kappa shape index (κ3) is 4.31. The Kier molecular flexibility index (Phi) is 5.51. The van der Waals surface area contributed by atoms with Crippen molar-refractivity contribution in [3.05, 3.63) is 66.5 Å². The molecule has 32 heavy (non-hydrogen) atoms. The SMILES string of the molecule is Cc1cccc2c(Nc3ccnc(Nc4ccc(N5CCN(C)CC5)cc4)n3)cnnc12. The molecule has 1 aliphatic rings. The van der Waals surface area contributed by atoms with Gasteiger partial charge in [0.15, 0.2) is 0 Å². The highest BCUT2D eigenvalue weighted by molar-refractivity contribution is 5.93. The highest BCUT2D eigenvalue weighted by atomic mass is 15.2. The molecule has 8 heteroatoms. The zero-order valence-corrected chi connectivity index (χ0v) is 18.3. The van der Waals surface area contributed by atoms with Crippen molar-refractivity contribution < 1.29 is 0 Å². The summed E-state index contributed by atoms with van der Waals surface area (Å²) < 4.78 is 0. The first-order valence-electron chi connectivity index (χ1n) is 10.8. The average molecular weight is 427 g/mol. The van der Waals surface area contributed by atoms with Crippen LogP contribution in [0.25, 0.3) is 10.9 Å². The molecular formula is C24H26N8. The van der Waals surface area contributed by atoms with E-state index in [1.54, 1.807) is 12.4 Å². The molecule has 1 aliphatic heterocycles. The molecule has 2 N–H and O–H groups in total. The van der Waals surface area contributed by atoms with Crippen molar-refractivity contribution in [1.82, 2.24) is 25.1 Å². The van der Waals surface area contributed by atoms with Crippen LogP contribution in [0.15, 0.2) is 60.9 Å². The first-order chi connectivity index (χ1) is 15.7. The summed E-state index contributed by atoms with van der Waals surface area (Å²) >= 11 is 0. The van der Waals surface area contributed by atoms with E-state index in [4.69, 9.17) is 0 Å². The maximum absolute atomic E-state index is 4.62. The van der Waals surface area contributed by atoms with Crippen molar-refractivity contribution in [2.45, 2.75) is 6.92 Å². The summed E-state index contributed by atoms with van der Waals surface area (Å²) in [5.74, 6) is 1.22. The number of piperazine rings is 1. The van der Waals surface area contributed by atoms with Gasteiger partial charge < -0.3 is 20.4 Å². The Labute approximate surface area is 187 Å². The fourth-order valence-electron chi connectivity index (χ4n) is 3.90. The molecule has 0 radical (unpaired) electrons. The molecule has 0 atom stereocenters. The van der Waals surface area contributed by atoms with Crippen molar-refractivity contribution in [2.75, 3.05) is 48.8 Å². The quantitative estimate of drug-likeness (QED) is 0.496. The van der Waals surface area contributed by atoms with Gasteiger partial charge >= 0.3 is 0 Å². The van der Waals surface area contributed by atoms with Crippen LogP contribution in [-0.4, -0.2) is 58.3 Å². The van der Waals surface area contributed by atoms with E-state index in [1.807, 2.05) is 31.2 Å². The minimum Gasteiger partial charge on any atom is -0.369 e. The van der Waals surface area contributed by atoms with Gasteiger partial charge in [-0.15, -0.1) is 0 Å². The number of hydrogen-bond donors (Lipinski definition) is 2. The molecule has 1 saturated heterocycles. The average Bonchev–Trinajstić information content (AvgIpc) is 2.81. The molecule has 0 amide bonds. The summed E-state index contributed by atoms with van der Waals surface area (Å²) in [6, 6.07) is 16.3. The molecule has 4 aromatic rings. The second-order valence-corrected chi connectivity index (χ2v) is 8.08. The predicted octanol–water partition coefficient (Wildman–Crippen LogP) is 3.97. The zero-order valence-electron chi connectivity index (χ0n) is 18.3. The van der Waals surface area contributed by atoms with Crippen molar-refractivity contribution in [3.8, 4) is 0 Å². The van der Waals surface area contributed by atoms with Gasteiger partial charge in [0.2, 0.25) is 5.95 Å². The topological polar surface area (TPSA) is 82.1 Å².